The Hall–Kier alpha value is -5.17. The van der Waals surface area contributed by atoms with Crippen LogP contribution in [0.3, 0.4) is 0 Å². The van der Waals surface area contributed by atoms with Crippen molar-refractivity contribution in [3.05, 3.63) is 112 Å². The number of nitrogens with zero attached hydrogens (tertiary/aromatic N) is 5. The first-order chi connectivity index (χ1) is 18.0. The molecule has 3 heterocycles. The number of pyridine rings is 1. The number of para-hydroxylation sites is 1. The number of halogens is 2. The topological polar surface area (TPSA) is 112 Å². The van der Waals surface area contributed by atoms with Crippen molar-refractivity contribution in [3.63, 3.8) is 0 Å². The van der Waals surface area contributed by atoms with Crippen LogP contribution in [0, 0.1) is 23.5 Å². The highest BCUT2D eigenvalue weighted by molar-refractivity contribution is 5.78. The first kappa shape index (κ1) is 23.6. The van der Waals surface area contributed by atoms with Crippen LogP contribution in [-0.4, -0.2) is 31.0 Å². The molecule has 3 aromatic heterocycles. The van der Waals surface area contributed by atoms with Gasteiger partial charge in [0.1, 0.15) is 52.1 Å². The van der Waals surface area contributed by atoms with Gasteiger partial charge in [0.15, 0.2) is 0 Å². The van der Waals surface area contributed by atoms with Gasteiger partial charge in [-0.15, -0.1) is 0 Å². The normalized spacial score (nSPS) is 10.6. The van der Waals surface area contributed by atoms with Crippen LogP contribution < -0.4 is 16.6 Å². The molecule has 5 rings (SSSR count). The Kier molecular flexibility index (Phi) is 6.50. The Morgan fingerprint density at radius 1 is 0.946 bits per heavy atom. The maximum Gasteiger partial charge on any atom is 0.268 e. The summed E-state index contributed by atoms with van der Waals surface area (Å²) in [7, 11) is 0. The average molecular weight is 495 g/mol. The number of hydrogen-bond donors (Lipinski definition) is 2. The number of anilines is 2. The first-order valence-electron chi connectivity index (χ1n) is 11.2. The zero-order chi connectivity index (χ0) is 25.8. The van der Waals surface area contributed by atoms with E-state index in [0.29, 0.717) is 41.6 Å². The number of nitrogens with two attached hydrogens (primary N) is 1. The van der Waals surface area contributed by atoms with Crippen molar-refractivity contribution in [2.75, 3.05) is 17.6 Å². The molecule has 37 heavy (non-hydrogen) atoms. The van der Waals surface area contributed by atoms with Crippen molar-refractivity contribution < 1.29 is 8.78 Å². The quantitative estimate of drug-likeness (QED) is 0.359. The molecule has 2 aromatic carbocycles. The van der Waals surface area contributed by atoms with Gasteiger partial charge in [0, 0.05) is 13.0 Å². The van der Waals surface area contributed by atoms with Gasteiger partial charge in [-0.25, -0.2) is 28.7 Å². The lowest BCUT2D eigenvalue weighted by atomic mass is 10.2. The number of rotatable bonds is 5. The largest absolute Gasteiger partial charge is 0.382 e. The van der Waals surface area contributed by atoms with E-state index < -0.39 is 17.2 Å². The maximum absolute atomic E-state index is 14.5. The standard InChI is InChI=1S/C27H19F2N7O/c28-17-9-10-18(32-15-17)11-12-20-25(30)33-16-34-26(20)31-14-13-23-35-22-8-4-7-21(29)24(22)27(37)36(23)19-5-2-1-3-6-19/h1-10,15-16H,13-14H2,(H3,30,31,33,34). The van der Waals surface area contributed by atoms with Crippen molar-refractivity contribution in [2.45, 2.75) is 6.42 Å². The second-order valence-electron chi connectivity index (χ2n) is 7.91. The molecule has 182 valence electrons. The van der Waals surface area contributed by atoms with Crippen molar-refractivity contribution in [1.29, 1.82) is 0 Å². The number of nitrogen functional groups attached to an aromatic ring is 1. The molecule has 0 bridgehead atoms. The summed E-state index contributed by atoms with van der Waals surface area (Å²) in [5.41, 5.74) is 7.08. The molecule has 0 unspecified atom stereocenters. The molecule has 0 aliphatic carbocycles. The van der Waals surface area contributed by atoms with Gasteiger partial charge in [0.2, 0.25) is 0 Å². The van der Waals surface area contributed by atoms with Crippen LogP contribution in [-0.2, 0) is 6.42 Å². The van der Waals surface area contributed by atoms with Crippen molar-refractivity contribution >= 4 is 22.5 Å². The average Bonchev–Trinajstić information content (AvgIpc) is 2.90. The van der Waals surface area contributed by atoms with Crippen LogP contribution in [0.4, 0.5) is 20.4 Å². The van der Waals surface area contributed by atoms with E-state index >= 15 is 0 Å². The summed E-state index contributed by atoms with van der Waals surface area (Å²) in [5.74, 6) is 5.59. The number of aromatic nitrogens is 5. The third-order valence-electron chi connectivity index (χ3n) is 5.49. The second-order valence-corrected chi connectivity index (χ2v) is 7.91. The van der Waals surface area contributed by atoms with Crippen LogP contribution in [0.5, 0.6) is 0 Å². The van der Waals surface area contributed by atoms with Crippen LogP contribution >= 0.6 is 0 Å². The fourth-order valence-corrected chi connectivity index (χ4v) is 3.77. The van der Waals surface area contributed by atoms with E-state index in [2.05, 4.69) is 37.1 Å². The van der Waals surface area contributed by atoms with E-state index in [4.69, 9.17) is 5.73 Å². The molecule has 0 fully saturated rings. The Morgan fingerprint density at radius 2 is 1.78 bits per heavy atom. The van der Waals surface area contributed by atoms with Crippen LogP contribution in [0.2, 0.25) is 0 Å². The molecule has 3 N–H and O–H groups in total. The predicted octanol–water partition coefficient (Wildman–Crippen LogP) is 3.49. The van der Waals surface area contributed by atoms with Gasteiger partial charge in [0.25, 0.3) is 5.56 Å². The zero-order valence-corrected chi connectivity index (χ0v) is 19.3. The Balaban J connectivity index is 1.46. The van der Waals surface area contributed by atoms with Crippen molar-refractivity contribution in [3.8, 4) is 17.5 Å². The SMILES string of the molecule is Nc1ncnc(NCCc2nc3cccc(F)c3c(=O)n2-c2ccccc2)c1C#Cc1ccc(F)cn1. The molecule has 0 aliphatic heterocycles. The molecule has 0 radical (unpaired) electrons. The summed E-state index contributed by atoms with van der Waals surface area (Å²) in [5, 5.41) is 3.09. The van der Waals surface area contributed by atoms with E-state index in [-0.39, 0.29) is 16.7 Å². The van der Waals surface area contributed by atoms with Crippen LogP contribution in [0.25, 0.3) is 16.6 Å². The molecule has 0 saturated carbocycles. The van der Waals surface area contributed by atoms with Gasteiger partial charge in [0.05, 0.1) is 17.4 Å². The van der Waals surface area contributed by atoms with Gasteiger partial charge in [-0.1, -0.05) is 30.2 Å². The molecule has 0 amide bonds. The van der Waals surface area contributed by atoms with E-state index in [0.717, 1.165) is 6.20 Å². The molecular weight excluding hydrogens is 476 g/mol. The zero-order valence-electron chi connectivity index (χ0n) is 19.3. The molecule has 5 aromatic rings. The summed E-state index contributed by atoms with van der Waals surface area (Å²) < 4.78 is 29.0. The third-order valence-corrected chi connectivity index (χ3v) is 5.49. The number of nitrogens with one attached hydrogen (secondary N) is 1. The highest BCUT2D eigenvalue weighted by Crippen LogP contribution is 2.18. The van der Waals surface area contributed by atoms with Gasteiger partial charge < -0.3 is 11.1 Å². The smallest absolute Gasteiger partial charge is 0.268 e. The number of hydrogen-bond acceptors (Lipinski definition) is 7. The summed E-state index contributed by atoms with van der Waals surface area (Å²) in [6.07, 6.45) is 2.67. The summed E-state index contributed by atoms with van der Waals surface area (Å²) in [4.78, 5) is 30.0. The van der Waals surface area contributed by atoms with E-state index in [1.807, 2.05) is 6.07 Å². The number of benzene rings is 2. The monoisotopic (exact) mass is 495 g/mol. The second kappa shape index (κ2) is 10.2. The summed E-state index contributed by atoms with van der Waals surface area (Å²) in [6, 6.07) is 16.0. The molecular formula is C27H19F2N7O. The lowest BCUT2D eigenvalue weighted by Crippen LogP contribution is -2.26. The fourth-order valence-electron chi connectivity index (χ4n) is 3.77. The molecule has 8 nitrogen and oxygen atoms in total. The molecule has 0 atom stereocenters. The Morgan fingerprint density at radius 3 is 2.57 bits per heavy atom. The van der Waals surface area contributed by atoms with E-state index in [1.54, 1.807) is 30.3 Å². The van der Waals surface area contributed by atoms with Crippen LogP contribution in [0.15, 0.2) is 78.0 Å². The Labute approximate surface area is 209 Å². The minimum Gasteiger partial charge on any atom is -0.382 e. The lowest BCUT2D eigenvalue weighted by molar-refractivity contribution is 0.621. The van der Waals surface area contributed by atoms with Crippen molar-refractivity contribution in [1.82, 2.24) is 24.5 Å². The summed E-state index contributed by atoms with van der Waals surface area (Å²) in [6.45, 7) is 0.306. The molecule has 10 heteroatoms. The summed E-state index contributed by atoms with van der Waals surface area (Å²) >= 11 is 0. The van der Waals surface area contributed by atoms with Gasteiger partial charge in [-0.3, -0.25) is 9.36 Å². The minimum absolute atomic E-state index is 0.0707. The van der Waals surface area contributed by atoms with E-state index in [9.17, 15) is 13.6 Å². The van der Waals surface area contributed by atoms with Gasteiger partial charge >= 0.3 is 0 Å². The van der Waals surface area contributed by atoms with Gasteiger partial charge in [-0.05, 0) is 42.3 Å². The third kappa shape index (κ3) is 4.97. The fraction of sp³-hybridized carbons (Fsp3) is 0.0741. The lowest BCUT2D eigenvalue weighted by Gasteiger charge is -2.15. The van der Waals surface area contributed by atoms with E-state index in [1.165, 1.54) is 35.2 Å². The highest BCUT2D eigenvalue weighted by Gasteiger charge is 2.16. The Bertz CT molecular complexity index is 1710. The predicted molar refractivity (Wildman–Crippen MR) is 136 cm³/mol. The minimum atomic E-state index is -0.625. The molecule has 0 spiro atoms. The molecule has 0 aliphatic rings. The van der Waals surface area contributed by atoms with Crippen LogP contribution in [0.1, 0.15) is 17.1 Å². The van der Waals surface area contributed by atoms with Gasteiger partial charge in [-0.2, -0.15) is 0 Å². The first-order valence-corrected chi connectivity index (χ1v) is 11.2. The highest BCUT2D eigenvalue weighted by atomic mass is 19.1. The van der Waals surface area contributed by atoms with Crippen molar-refractivity contribution in [2.24, 2.45) is 0 Å². The molecule has 0 saturated heterocycles. The number of fused-ring (bicyclic) bond motifs is 1. The maximum atomic E-state index is 14.5.